The Labute approximate surface area is 177 Å². The van der Waals surface area contributed by atoms with E-state index in [2.05, 4.69) is 74.7 Å². The second-order valence-electron chi connectivity index (χ2n) is 11.9. The average Bonchev–Trinajstić information content (AvgIpc) is 2.80. The second kappa shape index (κ2) is 9.44. The molecule has 0 amide bonds. The molecule has 1 aliphatic rings. The molecular weight excluding hydrogens is 380 g/mol. The van der Waals surface area contributed by atoms with Crippen LogP contribution in [0.2, 0.25) is 36.3 Å². The van der Waals surface area contributed by atoms with E-state index in [0.29, 0.717) is 5.92 Å². The Bertz CT molecular complexity index is 503. The largest absolute Gasteiger partial charge is 0.414 e. The Morgan fingerprint density at radius 3 is 1.71 bits per heavy atom. The lowest BCUT2D eigenvalue weighted by molar-refractivity contribution is -0.114. The third-order valence-electron chi connectivity index (χ3n) is 7.67. The van der Waals surface area contributed by atoms with Crippen molar-refractivity contribution in [3.8, 4) is 0 Å². The summed E-state index contributed by atoms with van der Waals surface area (Å²) >= 11 is 0. The molecule has 4 atom stereocenters. The van der Waals surface area contributed by atoms with Gasteiger partial charge in [-0.1, -0.05) is 67.7 Å². The van der Waals surface area contributed by atoms with E-state index < -0.39 is 16.6 Å². The zero-order valence-electron chi connectivity index (χ0n) is 20.6. The molecule has 166 valence electrons. The molecule has 1 rings (SSSR count). The Morgan fingerprint density at radius 1 is 0.857 bits per heavy atom. The fourth-order valence-electron chi connectivity index (χ4n) is 3.65. The smallest absolute Gasteiger partial charge is 0.192 e. The Kier molecular flexibility index (Phi) is 8.79. The first kappa shape index (κ1) is 26.1. The molecule has 5 heteroatoms. The van der Waals surface area contributed by atoms with Crippen molar-refractivity contribution in [2.45, 2.75) is 129 Å². The van der Waals surface area contributed by atoms with Gasteiger partial charge in [0.15, 0.2) is 16.6 Å². The van der Waals surface area contributed by atoms with Crippen LogP contribution in [0.1, 0.15) is 80.6 Å². The topological polar surface area (TPSA) is 35.5 Å². The van der Waals surface area contributed by atoms with Crippen molar-refractivity contribution in [3.63, 3.8) is 0 Å². The number of rotatable bonds is 9. The normalized spacial score (nSPS) is 27.2. The van der Waals surface area contributed by atoms with E-state index >= 15 is 0 Å². The molecule has 1 aliphatic carbocycles. The van der Waals surface area contributed by atoms with Crippen molar-refractivity contribution in [1.82, 2.24) is 0 Å². The van der Waals surface area contributed by atoms with Crippen molar-refractivity contribution in [3.05, 3.63) is 0 Å². The molecule has 0 aliphatic heterocycles. The highest BCUT2D eigenvalue weighted by molar-refractivity contribution is 6.74. The van der Waals surface area contributed by atoms with Gasteiger partial charge in [0.2, 0.25) is 0 Å². The minimum atomic E-state index is -1.92. The first-order valence-electron chi connectivity index (χ1n) is 11.4. The van der Waals surface area contributed by atoms with E-state index in [0.717, 1.165) is 12.8 Å². The van der Waals surface area contributed by atoms with Crippen molar-refractivity contribution < 1.29 is 13.6 Å². The Morgan fingerprint density at radius 2 is 1.32 bits per heavy atom. The zero-order chi connectivity index (χ0) is 22.0. The molecule has 0 aromatic heterocycles. The standard InChI is InChI=1S/C23H48O3Si2/c1-12-13-14-15-18-19(17-24)21(26-28(10,11)23(5,6)7)16-20(18)25-27(8,9)22(2,3)4/h17-21H,12-16H2,1-11H3/t18-,19+,20-,21+/m1/s1. The van der Waals surface area contributed by atoms with Crippen molar-refractivity contribution >= 4 is 22.9 Å². The number of carbonyl (C=O) groups is 1. The summed E-state index contributed by atoms with van der Waals surface area (Å²) in [5.74, 6) is 0.272. The minimum Gasteiger partial charge on any atom is -0.414 e. The average molecular weight is 429 g/mol. The first-order chi connectivity index (χ1) is 12.6. The van der Waals surface area contributed by atoms with E-state index in [9.17, 15) is 4.79 Å². The highest BCUT2D eigenvalue weighted by Gasteiger charge is 2.51. The number of hydrogen-bond donors (Lipinski definition) is 0. The lowest BCUT2D eigenvalue weighted by Crippen LogP contribution is -2.45. The summed E-state index contributed by atoms with van der Waals surface area (Å²) in [6.45, 7) is 25.2. The maximum atomic E-state index is 12.2. The van der Waals surface area contributed by atoms with E-state index in [1.165, 1.54) is 25.5 Å². The summed E-state index contributed by atoms with van der Waals surface area (Å²) in [6.07, 6.45) is 6.91. The molecule has 1 fully saturated rings. The van der Waals surface area contributed by atoms with Gasteiger partial charge in [0.25, 0.3) is 0 Å². The van der Waals surface area contributed by atoms with Gasteiger partial charge in [0.1, 0.15) is 6.29 Å². The van der Waals surface area contributed by atoms with Gasteiger partial charge in [0, 0.05) is 5.92 Å². The molecule has 28 heavy (non-hydrogen) atoms. The maximum absolute atomic E-state index is 12.2. The summed E-state index contributed by atoms with van der Waals surface area (Å²) in [5, 5.41) is 0.326. The van der Waals surface area contributed by atoms with E-state index in [1.54, 1.807) is 0 Å². The summed E-state index contributed by atoms with van der Waals surface area (Å²) in [4.78, 5) is 12.2. The Hall–Kier alpha value is 0.0238. The quantitative estimate of drug-likeness (QED) is 0.221. The summed E-state index contributed by atoms with van der Waals surface area (Å²) < 4.78 is 13.7. The van der Waals surface area contributed by atoms with Crippen LogP contribution < -0.4 is 0 Å². The van der Waals surface area contributed by atoms with Crippen LogP contribution in [0.25, 0.3) is 0 Å². The predicted molar refractivity (Wildman–Crippen MR) is 126 cm³/mol. The van der Waals surface area contributed by atoms with Gasteiger partial charge in [-0.2, -0.15) is 0 Å². The molecule has 1 saturated carbocycles. The SMILES string of the molecule is CCCCC[C@@H]1[C@H](C=O)[C@@H](O[Si](C)(C)C(C)(C)C)C[C@H]1O[Si](C)(C)C(C)(C)C. The van der Waals surface area contributed by atoms with Crippen molar-refractivity contribution in [2.75, 3.05) is 0 Å². The predicted octanol–water partition coefficient (Wildman–Crippen LogP) is 7.18. The van der Waals surface area contributed by atoms with Gasteiger partial charge in [-0.3, -0.25) is 0 Å². The lowest BCUT2D eigenvalue weighted by Gasteiger charge is -2.40. The summed E-state index contributed by atoms with van der Waals surface area (Å²) in [5.41, 5.74) is 0. The van der Waals surface area contributed by atoms with Crippen LogP contribution in [0.5, 0.6) is 0 Å². The van der Waals surface area contributed by atoms with Gasteiger partial charge in [0.05, 0.1) is 12.2 Å². The Balaban J connectivity index is 3.10. The first-order valence-corrected chi connectivity index (χ1v) is 17.2. The van der Waals surface area contributed by atoms with E-state index in [4.69, 9.17) is 8.85 Å². The monoisotopic (exact) mass is 428 g/mol. The van der Waals surface area contributed by atoms with Crippen LogP contribution in [0.15, 0.2) is 0 Å². The van der Waals surface area contributed by atoms with Crippen LogP contribution in [0.4, 0.5) is 0 Å². The third kappa shape index (κ3) is 6.26. The zero-order valence-corrected chi connectivity index (χ0v) is 22.6. The molecule has 0 aromatic rings. The number of unbranched alkanes of at least 4 members (excludes halogenated alkanes) is 2. The van der Waals surface area contributed by atoms with E-state index in [1.807, 2.05) is 0 Å². The van der Waals surface area contributed by atoms with Gasteiger partial charge in [-0.25, -0.2) is 0 Å². The molecule has 0 spiro atoms. The molecule has 3 nitrogen and oxygen atoms in total. The molecule has 0 N–H and O–H groups in total. The number of hydrogen-bond acceptors (Lipinski definition) is 3. The number of aldehydes is 1. The molecule has 0 bridgehead atoms. The lowest BCUT2D eigenvalue weighted by atomic mass is 9.90. The van der Waals surface area contributed by atoms with Gasteiger partial charge in [-0.15, -0.1) is 0 Å². The van der Waals surface area contributed by atoms with Crippen molar-refractivity contribution in [2.24, 2.45) is 11.8 Å². The molecule has 0 aromatic carbocycles. The van der Waals surface area contributed by atoms with Crippen molar-refractivity contribution in [1.29, 1.82) is 0 Å². The molecule has 0 radical (unpaired) electrons. The van der Waals surface area contributed by atoms with Crippen LogP contribution in [0, 0.1) is 11.8 Å². The summed E-state index contributed by atoms with van der Waals surface area (Å²) in [7, 11) is -3.81. The second-order valence-corrected chi connectivity index (χ2v) is 21.5. The minimum absolute atomic E-state index is 0.0137. The van der Waals surface area contributed by atoms with E-state index in [-0.39, 0.29) is 28.2 Å². The van der Waals surface area contributed by atoms with Gasteiger partial charge < -0.3 is 13.6 Å². The van der Waals surface area contributed by atoms with Crippen LogP contribution >= 0.6 is 0 Å². The van der Waals surface area contributed by atoms with Gasteiger partial charge in [-0.05, 0) is 55.0 Å². The maximum Gasteiger partial charge on any atom is 0.192 e. The van der Waals surface area contributed by atoms with Crippen LogP contribution in [-0.4, -0.2) is 35.1 Å². The highest BCUT2D eigenvalue weighted by atomic mass is 28.4. The molecular formula is C23H48O3Si2. The van der Waals surface area contributed by atoms with Crippen LogP contribution in [-0.2, 0) is 13.6 Å². The molecule has 0 heterocycles. The van der Waals surface area contributed by atoms with Gasteiger partial charge >= 0.3 is 0 Å². The van der Waals surface area contributed by atoms with Crippen LogP contribution in [0.3, 0.4) is 0 Å². The number of carbonyl (C=O) groups excluding carboxylic acids is 1. The fourth-order valence-corrected chi connectivity index (χ4v) is 6.40. The fraction of sp³-hybridized carbons (Fsp3) is 0.957. The summed E-state index contributed by atoms with van der Waals surface area (Å²) in [6, 6.07) is 0. The molecule has 0 unspecified atom stereocenters. The highest BCUT2D eigenvalue weighted by Crippen LogP contribution is 2.47. The third-order valence-corrected chi connectivity index (χ3v) is 16.7. The molecule has 0 saturated heterocycles.